The number of benzene rings is 1. The Bertz CT molecular complexity index is 860. The molecule has 3 rings (SSSR count). The number of carbonyl (C=O) groups excluding carboxylic acids is 1. The van der Waals surface area contributed by atoms with Crippen LogP contribution in [0.25, 0.3) is 0 Å². The lowest BCUT2D eigenvalue weighted by atomic mass is 10.0. The Morgan fingerprint density at radius 2 is 2.07 bits per heavy atom. The van der Waals surface area contributed by atoms with Gasteiger partial charge < -0.3 is 19.5 Å². The predicted molar refractivity (Wildman–Crippen MR) is 110 cm³/mol. The number of amides is 1. The van der Waals surface area contributed by atoms with Crippen molar-refractivity contribution in [3.8, 4) is 11.5 Å². The van der Waals surface area contributed by atoms with Gasteiger partial charge >= 0.3 is 0 Å². The van der Waals surface area contributed by atoms with Crippen LogP contribution in [0.3, 0.4) is 0 Å². The topological polar surface area (TPSA) is 74.6 Å². The number of aromatic nitrogens is 2. The molecule has 0 spiro atoms. The maximum Gasteiger partial charge on any atom is 0.220 e. The van der Waals surface area contributed by atoms with Crippen molar-refractivity contribution >= 4 is 5.91 Å². The van der Waals surface area contributed by atoms with Gasteiger partial charge in [-0.25, -0.2) is 0 Å². The lowest BCUT2D eigenvalue weighted by Gasteiger charge is -2.18. The highest BCUT2D eigenvalue weighted by Gasteiger charge is 2.23. The van der Waals surface area contributed by atoms with E-state index in [-0.39, 0.29) is 11.9 Å². The number of rotatable bonds is 8. The standard InChI is InChI=1S/C22H31N3O4/c1-14(2)25-20-10-11-29-13-18(20)19(24-25)7-9-22(26)23-15(3)17-12-16(27-4)6-8-21(17)28-5/h6,8,12,14-15H,7,9-11,13H2,1-5H3,(H,23,26). The van der Waals surface area contributed by atoms with Gasteiger partial charge in [0.25, 0.3) is 0 Å². The summed E-state index contributed by atoms with van der Waals surface area (Å²) in [5, 5.41) is 7.83. The molecule has 0 saturated carbocycles. The normalized spacial score (nSPS) is 14.4. The van der Waals surface area contributed by atoms with E-state index >= 15 is 0 Å². The molecule has 0 bridgehead atoms. The third-order valence-corrected chi connectivity index (χ3v) is 5.29. The summed E-state index contributed by atoms with van der Waals surface area (Å²) in [6.07, 6.45) is 1.84. The third kappa shape index (κ3) is 4.72. The second kappa shape index (κ2) is 9.31. The number of carbonyl (C=O) groups is 1. The van der Waals surface area contributed by atoms with Crippen LogP contribution in [0, 0.1) is 0 Å². The fraction of sp³-hybridized carbons (Fsp3) is 0.545. The number of fused-ring (bicyclic) bond motifs is 1. The molecule has 7 heteroatoms. The summed E-state index contributed by atoms with van der Waals surface area (Å²) in [7, 11) is 3.24. The molecule has 1 N–H and O–H groups in total. The number of nitrogens with one attached hydrogen (secondary N) is 1. The van der Waals surface area contributed by atoms with Gasteiger partial charge in [-0.2, -0.15) is 5.10 Å². The number of hydrogen-bond acceptors (Lipinski definition) is 5. The van der Waals surface area contributed by atoms with Gasteiger partial charge in [0.15, 0.2) is 0 Å². The summed E-state index contributed by atoms with van der Waals surface area (Å²) in [6, 6.07) is 5.68. The average molecular weight is 402 g/mol. The Morgan fingerprint density at radius 1 is 1.28 bits per heavy atom. The molecule has 1 aromatic heterocycles. The summed E-state index contributed by atoms with van der Waals surface area (Å²) in [6.45, 7) is 7.50. The molecule has 1 aliphatic heterocycles. The van der Waals surface area contributed by atoms with Crippen LogP contribution in [-0.2, 0) is 29.0 Å². The zero-order chi connectivity index (χ0) is 21.0. The van der Waals surface area contributed by atoms with Crippen LogP contribution in [0.1, 0.15) is 61.8 Å². The SMILES string of the molecule is COc1ccc(OC)c(C(C)NC(=O)CCc2nn(C(C)C)c3c2COCC3)c1. The highest BCUT2D eigenvalue weighted by atomic mass is 16.5. The second-order valence-electron chi connectivity index (χ2n) is 7.61. The van der Waals surface area contributed by atoms with Crippen LogP contribution in [0.2, 0.25) is 0 Å². The number of nitrogens with zero attached hydrogens (tertiary/aromatic N) is 2. The molecule has 1 atom stereocenters. The molecular weight excluding hydrogens is 370 g/mol. The van der Waals surface area contributed by atoms with E-state index in [1.807, 2.05) is 25.1 Å². The van der Waals surface area contributed by atoms with E-state index in [1.54, 1.807) is 14.2 Å². The van der Waals surface area contributed by atoms with Crippen LogP contribution in [-0.4, -0.2) is 36.5 Å². The van der Waals surface area contributed by atoms with Gasteiger partial charge in [0.2, 0.25) is 5.91 Å². The van der Waals surface area contributed by atoms with Crippen molar-refractivity contribution in [1.29, 1.82) is 0 Å². The fourth-order valence-corrected chi connectivity index (χ4v) is 3.76. The van der Waals surface area contributed by atoms with Crippen molar-refractivity contribution in [2.75, 3.05) is 20.8 Å². The fourth-order valence-electron chi connectivity index (χ4n) is 3.76. The van der Waals surface area contributed by atoms with Crippen LogP contribution in [0.4, 0.5) is 0 Å². The van der Waals surface area contributed by atoms with Crippen LogP contribution in [0.5, 0.6) is 11.5 Å². The van der Waals surface area contributed by atoms with E-state index in [1.165, 1.54) is 5.69 Å². The Balaban J connectivity index is 1.66. The van der Waals surface area contributed by atoms with E-state index in [9.17, 15) is 4.79 Å². The summed E-state index contributed by atoms with van der Waals surface area (Å²) >= 11 is 0. The molecular formula is C22H31N3O4. The van der Waals surface area contributed by atoms with Gasteiger partial charge in [-0.05, 0) is 39.0 Å². The highest BCUT2D eigenvalue weighted by molar-refractivity contribution is 5.76. The highest BCUT2D eigenvalue weighted by Crippen LogP contribution is 2.29. The summed E-state index contributed by atoms with van der Waals surface area (Å²) in [4.78, 5) is 12.6. The summed E-state index contributed by atoms with van der Waals surface area (Å²) in [5.41, 5.74) is 4.25. The molecule has 1 amide bonds. The van der Waals surface area contributed by atoms with Gasteiger partial charge in [-0.3, -0.25) is 9.48 Å². The molecule has 1 aliphatic rings. The van der Waals surface area contributed by atoms with E-state index in [2.05, 4.69) is 23.8 Å². The van der Waals surface area contributed by atoms with Crippen molar-refractivity contribution in [2.45, 2.75) is 58.7 Å². The third-order valence-electron chi connectivity index (χ3n) is 5.29. The van der Waals surface area contributed by atoms with Crippen LogP contribution in [0.15, 0.2) is 18.2 Å². The van der Waals surface area contributed by atoms with Crippen molar-refractivity contribution in [1.82, 2.24) is 15.1 Å². The quantitative estimate of drug-likeness (QED) is 0.734. The Hall–Kier alpha value is -2.54. The number of ether oxygens (including phenoxy) is 3. The number of aryl methyl sites for hydroxylation is 1. The number of hydrogen-bond donors (Lipinski definition) is 1. The Kier molecular flexibility index (Phi) is 6.79. The van der Waals surface area contributed by atoms with Crippen LogP contribution >= 0.6 is 0 Å². The zero-order valence-electron chi connectivity index (χ0n) is 17.9. The number of methoxy groups -OCH3 is 2. The van der Waals surface area contributed by atoms with Gasteiger partial charge in [0, 0.05) is 42.1 Å². The molecule has 2 heterocycles. The molecule has 1 aromatic carbocycles. The first kappa shape index (κ1) is 21.2. The molecule has 7 nitrogen and oxygen atoms in total. The Labute approximate surface area is 172 Å². The minimum absolute atomic E-state index is 0.0213. The zero-order valence-corrected chi connectivity index (χ0v) is 17.9. The first-order chi connectivity index (χ1) is 13.9. The lowest BCUT2D eigenvalue weighted by molar-refractivity contribution is -0.121. The minimum Gasteiger partial charge on any atom is -0.497 e. The lowest BCUT2D eigenvalue weighted by Crippen LogP contribution is -2.27. The van der Waals surface area contributed by atoms with Gasteiger partial charge in [-0.1, -0.05) is 0 Å². The minimum atomic E-state index is -0.196. The average Bonchev–Trinajstić information content (AvgIpc) is 3.10. The molecule has 0 radical (unpaired) electrons. The molecule has 158 valence electrons. The Morgan fingerprint density at radius 3 is 2.76 bits per heavy atom. The van der Waals surface area contributed by atoms with Gasteiger partial charge in [0.05, 0.1) is 39.2 Å². The molecule has 0 aliphatic carbocycles. The largest absolute Gasteiger partial charge is 0.497 e. The first-order valence-electron chi connectivity index (χ1n) is 10.1. The molecule has 29 heavy (non-hydrogen) atoms. The molecule has 0 saturated heterocycles. The molecule has 1 unspecified atom stereocenters. The van der Waals surface area contributed by atoms with E-state index in [4.69, 9.17) is 19.3 Å². The molecule has 2 aromatic rings. The van der Waals surface area contributed by atoms with Crippen LogP contribution < -0.4 is 14.8 Å². The summed E-state index contributed by atoms with van der Waals surface area (Å²) in [5.74, 6) is 1.43. The van der Waals surface area contributed by atoms with E-state index in [0.717, 1.165) is 41.3 Å². The van der Waals surface area contributed by atoms with Crippen molar-refractivity contribution in [3.05, 3.63) is 40.7 Å². The predicted octanol–water partition coefficient (Wildman–Crippen LogP) is 3.36. The van der Waals surface area contributed by atoms with Crippen molar-refractivity contribution in [2.24, 2.45) is 0 Å². The monoisotopic (exact) mass is 401 g/mol. The van der Waals surface area contributed by atoms with E-state index < -0.39 is 0 Å². The van der Waals surface area contributed by atoms with Crippen molar-refractivity contribution in [3.63, 3.8) is 0 Å². The summed E-state index contributed by atoms with van der Waals surface area (Å²) < 4.78 is 18.4. The maximum atomic E-state index is 12.6. The maximum absolute atomic E-state index is 12.6. The second-order valence-corrected chi connectivity index (χ2v) is 7.61. The first-order valence-corrected chi connectivity index (χ1v) is 10.1. The van der Waals surface area contributed by atoms with Gasteiger partial charge in [-0.15, -0.1) is 0 Å². The smallest absolute Gasteiger partial charge is 0.220 e. The van der Waals surface area contributed by atoms with Gasteiger partial charge in [0.1, 0.15) is 11.5 Å². The van der Waals surface area contributed by atoms with E-state index in [0.29, 0.717) is 25.5 Å². The van der Waals surface area contributed by atoms with Crippen molar-refractivity contribution < 1.29 is 19.0 Å². The molecule has 0 fully saturated rings.